The van der Waals surface area contributed by atoms with Crippen molar-refractivity contribution in [3.8, 4) is 0 Å². The molecule has 2 heterocycles. The smallest absolute Gasteiger partial charge is 0.119 e. The van der Waals surface area contributed by atoms with Crippen molar-refractivity contribution in [3.63, 3.8) is 0 Å². The van der Waals surface area contributed by atoms with Crippen molar-refractivity contribution in [1.29, 1.82) is 0 Å². The van der Waals surface area contributed by atoms with E-state index in [9.17, 15) is 4.39 Å². The van der Waals surface area contributed by atoms with Crippen LogP contribution in [0.25, 0.3) is 0 Å². The highest BCUT2D eigenvalue weighted by Gasteiger charge is 2.34. The van der Waals surface area contributed by atoms with Crippen molar-refractivity contribution in [2.45, 2.75) is 38.3 Å². The molecule has 0 unspecified atom stereocenters. The van der Waals surface area contributed by atoms with E-state index >= 15 is 0 Å². The number of halogens is 2. The molecule has 0 aliphatic carbocycles. The third-order valence-electron chi connectivity index (χ3n) is 3.49. The van der Waals surface area contributed by atoms with Crippen LogP contribution in [0.2, 0.25) is 5.02 Å². The fourth-order valence-corrected chi connectivity index (χ4v) is 2.72. The SMILES string of the molecule is CCc1nn(C)c(CC2(F)CCNCC2)c1Cl. The molecule has 0 aromatic carbocycles. The highest BCUT2D eigenvalue weighted by Crippen LogP contribution is 2.31. The summed E-state index contributed by atoms with van der Waals surface area (Å²) in [6, 6.07) is 0. The maximum Gasteiger partial charge on any atom is 0.119 e. The quantitative estimate of drug-likeness (QED) is 0.903. The summed E-state index contributed by atoms with van der Waals surface area (Å²) in [4.78, 5) is 0. The first-order chi connectivity index (χ1) is 8.06. The molecule has 1 aliphatic heterocycles. The number of piperidine rings is 1. The minimum absolute atomic E-state index is 0.372. The summed E-state index contributed by atoms with van der Waals surface area (Å²) in [5.74, 6) is 0. The summed E-state index contributed by atoms with van der Waals surface area (Å²) in [6.45, 7) is 3.49. The minimum atomic E-state index is -1.13. The molecule has 1 fully saturated rings. The number of hydrogen-bond donors (Lipinski definition) is 1. The lowest BCUT2D eigenvalue weighted by Crippen LogP contribution is -2.40. The molecule has 0 atom stereocenters. The lowest BCUT2D eigenvalue weighted by molar-refractivity contribution is 0.114. The average Bonchev–Trinajstić information content (AvgIpc) is 2.57. The minimum Gasteiger partial charge on any atom is -0.316 e. The number of hydrogen-bond acceptors (Lipinski definition) is 2. The van der Waals surface area contributed by atoms with Crippen molar-refractivity contribution < 1.29 is 4.39 Å². The first-order valence-electron chi connectivity index (χ1n) is 6.15. The van der Waals surface area contributed by atoms with Gasteiger partial charge in [-0.2, -0.15) is 5.10 Å². The molecule has 1 N–H and O–H groups in total. The summed E-state index contributed by atoms with van der Waals surface area (Å²) in [5, 5.41) is 8.15. The Kier molecular flexibility index (Phi) is 3.73. The maximum absolute atomic E-state index is 14.6. The van der Waals surface area contributed by atoms with Crippen LogP contribution < -0.4 is 5.32 Å². The van der Waals surface area contributed by atoms with E-state index < -0.39 is 5.67 Å². The Morgan fingerprint density at radius 2 is 2.12 bits per heavy atom. The largest absolute Gasteiger partial charge is 0.316 e. The predicted molar refractivity (Wildman–Crippen MR) is 67.2 cm³/mol. The first kappa shape index (κ1) is 12.8. The van der Waals surface area contributed by atoms with E-state index in [0.29, 0.717) is 24.3 Å². The van der Waals surface area contributed by atoms with Gasteiger partial charge >= 0.3 is 0 Å². The van der Waals surface area contributed by atoms with Crippen molar-refractivity contribution in [2.24, 2.45) is 7.05 Å². The zero-order valence-corrected chi connectivity index (χ0v) is 11.1. The maximum atomic E-state index is 14.6. The molecule has 17 heavy (non-hydrogen) atoms. The fraction of sp³-hybridized carbons (Fsp3) is 0.750. The second-order valence-corrected chi connectivity index (χ2v) is 5.14. The molecule has 0 bridgehead atoms. The van der Waals surface area contributed by atoms with E-state index in [1.54, 1.807) is 4.68 Å². The molecular formula is C12H19ClFN3. The van der Waals surface area contributed by atoms with Gasteiger partial charge in [0.15, 0.2) is 0 Å². The summed E-state index contributed by atoms with van der Waals surface area (Å²) in [6.07, 6.45) is 2.26. The van der Waals surface area contributed by atoms with E-state index in [1.807, 2.05) is 14.0 Å². The van der Waals surface area contributed by atoms with Gasteiger partial charge in [0.2, 0.25) is 0 Å². The summed E-state index contributed by atoms with van der Waals surface area (Å²) in [5.41, 5.74) is 0.558. The van der Waals surface area contributed by atoms with Crippen molar-refractivity contribution >= 4 is 11.6 Å². The third-order valence-corrected chi connectivity index (χ3v) is 3.92. The van der Waals surface area contributed by atoms with Gasteiger partial charge in [0.25, 0.3) is 0 Å². The molecule has 1 aromatic rings. The third kappa shape index (κ3) is 2.63. The molecule has 0 radical (unpaired) electrons. The second kappa shape index (κ2) is 4.94. The Morgan fingerprint density at radius 1 is 1.47 bits per heavy atom. The van der Waals surface area contributed by atoms with Crippen LogP contribution in [0.5, 0.6) is 0 Å². The molecule has 1 saturated heterocycles. The standard InChI is InChI=1S/C12H19ClFN3/c1-3-9-11(13)10(17(2)16-9)8-12(14)4-6-15-7-5-12/h15H,3-8H2,1-2H3. The van der Waals surface area contributed by atoms with Gasteiger partial charge in [0.1, 0.15) is 5.67 Å². The van der Waals surface area contributed by atoms with Crippen LogP contribution in [0.15, 0.2) is 0 Å². The topological polar surface area (TPSA) is 29.9 Å². The zero-order valence-electron chi connectivity index (χ0n) is 10.4. The van der Waals surface area contributed by atoms with Crippen LogP contribution in [0.3, 0.4) is 0 Å². The Hall–Kier alpha value is -0.610. The van der Waals surface area contributed by atoms with Crippen LogP contribution >= 0.6 is 11.6 Å². The van der Waals surface area contributed by atoms with Gasteiger partial charge in [-0.05, 0) is 32.4 Å². The predicted octanol–water partition coefficient (Wildman–Crippen LogP) is 2.27. The molecule has 96 valence electrons. The number of rotatable bonds is 3. The number of aryl methyl sites for hydroxylation is 2. The summed E-state index contributed by atoms with van der Waals surface area (Å²) in [7, 11) is 1.84. The van der Waals surface area contributed by atoms with E-state index in [0.717, 1.165) is 30.9 Å². The Morgan fingerprint density at radius 3 is 2.65 bits per heavy atom. The van der Waals surface area contributed by atoms with Gasteiger partial charge in [-0.15, -0.1) is 0 Å². The van der Waals surface area contributed by atoms with Gasteiger partial charge in [-0.3, -0.25) is 4.68 Å². The van der Waals surface area contributed by atoms with Crippen LogP contribution in [0, 0.1) is 0 Å². The number of alkyl halides is 1. The Bertz CT molecular complexity index is 397. The van der Waals surface area contributed by atoms with Gasteiger partial charge < -0.3 is 5.32 Å². The normalized spacial score (nSPS) is 19.5. The van der Waals surface area contributed by atoms with Gasteiger partial charge in [-0.1, -0.05) is 18.5 Å². The second-order valence-electron chi connectivity index (χ2n) is 4.76. The number of nitrogens with zero attached hydrogens (tertiary/aromatic N) is 2. The van der Waals surface area contributed by atoms with Crippen LogP contribution in [-0.4, -0.2) is 28.5 Å². The van der Waals surface area contributed by atoms with Gasteiger partial charge in [-0.25, -0.2) is 4.39 Å². The molecule has 0 saturated carbocycles. The molecule has 0 amide bonds. The van der Waals surface area contributed by atoms with E-state index in [1.165, 1.54) is 0 Å². The molecule has 5 heteroatoms. The Balaban J connectivity index is 2.20. The summed E-state index contributed by atoms with van der Waals surface area (Å²) >= 11 is 6.25. The molecule has 1 aromatic heterocycles. The average molecular weight is 260 g/mol. The monoisotopic (exact) mass is 259 g/mol. The highest BCUT2D eigenvalue weighted by molar-refractivity contribution is 6.31. The Labute approximate surface area is 106 Å². The number of nitrogens with one attached hydrogen (secondary N) is 1. The lowest BCUT2D eigenvalue weighted by Gasteiger charge is -2.30. The zero-order chi connectivity index (χ0) is 12.5. The number of aromatic nitrogens is 2. The van der Waals surface area contributed by atoms with E-state index in [-0.39, 0.29) is 0 Å². The van der Waals surface area contributed by atoms with E-state index in [4.69, 9.17) is 11.6 Å². The van der Waals surface area contributed by atoms with Gasteiger partial charge in [0, 0.05) is 13.5 Å². The van der Waals surface area contributed by atoms with Crippen molar-refractivity contribution in [2.75, 3.05) is 13.1 Å². The van der Waals surface area contributed by atoms with Crippen LogP contribution in [0.4, 0.5) is 4.39 Å². The molecule has 3 nitrogen and oxygen atoms in total. The lowest BCUT2D eigenvalue weighted by atomic mass is 9.89. The van der Waals surface area contributed by atoms with Crippen LogP contribution in [-0.2, 0) is 19.9 Å². The fourth-order valence-electron chi connectivity index (χ4n) is 2.36. The van der Waals surface area contributed by atoms with Crippen molar-refractivity contribution in [1.82, 2.24) is 15.1 Å². The van der Waals surface area contributed by atoms with Crippen molar-refractivity contribution in [3.05, 3.63) is 16.4 Å². The molecular weight excluding hydrogens is 241 g/mol. The highest BCUT2D eigenvalue weighted by atomic mass is 35.5. The first-order valence-corrected chi connectivity index (χ1v) is 6.53. The molecule has 1 aliphatic rings. The summed E-state index contributed by atoms with van der Waals surface area (Å²) < 4.78 is 16.3. The van der Waals surface area contributed by atoms with E-state index in [2.05, 4.69) is 10.4 Å². The molecule has 0 spiro atoms. The molecule has 2 rings (SSSR count). The van der Waals surface area contributed by atoms with Crippen LogP contribution in [0.1, 0.15) is 31.2 Å². The van der Waals surface area contributed by atoms with Gasteiger partial charge in [0.05, 0.1) is 16.4 Å².